The monoisotopic (exact) mass is 176 g/mol. The fraction of sp³-hybridized carbons (Fsp3) is 0.100. The average Bonchev–Trinajstić information content (AvgIpc) is 2.18. The van der Waals surface area contributed by atoms with Crippen molar-refractivity contribution in [3.8, 4) is 5.75 Å². The van der Waals surface area contributed by atoms with Crippen molar-refractivity contribution < 1.29 is 14.3 Å². The number of hydrogen-bond donors (Lipinski definition) is 0. The Kier molecular flexibility index (Phi) is 1.77. The average molecular weight is 176 g/mol. The molecule has 13 heavy (non-hydrogen) atoms. The Balaban J connectivity index is 2.48. The summed E-state index contributed by atoms with van der Waals surface area (Å²) < 4.78 is 10.1. The standard InChI is InChI=1S/C10H8O3/c1-2-9-12-8-6-4-3-5-7(8)10(11)13-9/h2-6H,1H3/b9-2+. The molecule has 2 rings (SSSR count). The van der Waals surface area contributed by atoms with Gasteiger partial charge in [-0.1, -0.05) is 12.1 Å². The number of para-hydroxylation sites is 1. The van der Waals surface area contributed by atoms with E-state index in [1.54, 1.807) is 31.2 Å². The van der Waals surface area contributed by atoms with E-state index < -0.39 is 0 Å². The molecule has 0 amide bonds. The number of esters is 1. The number of carbonyl (C=O) groups is 1. The lowest BCUT2D eigenvalue weighted by molar-refractivity contribution is 0.0407. The molecule has 0 atom stereocenters. The molecule has 1 aromatic rings. The second kappa shape index (κ2) is 2.94. The van der Waals surface area contributed by atoms with Crippen molar-refractivity contribution in [3.63, 3.8) is 0 Å². The first-order valence-corrected chi connectivity index (χ1v) is 3.96. The highest BCUT2D eigenvalue weighted by Gasteiger charge is 2.22. The number of rotatable bonds is 0. The van der Waals surface area contributed by atoms with E-state index >= 15 is 0 Å². The van der Waals surface area contributed by atoms with Crippen LogP contribution in [-0.4, -0.2) is 5.97 Å². The van der Waals surface area contributed by atoms with Crippen molar-refractivity contribution >= 4 is 5.97 Å². The zero-order valence-corrected chi connectivity index (χ0v) is 7.11. The molecule has 3 nitrogen and oxygen atoms in total. The van der Waals surface area contributed by atoms with Crippen LogP contribution in [-0.2, 0) is 4.74 Å². The molecular weight excluding hydrogens is 168 g/mol. The summed E-state index contributed by atoms with van der Waals surface area (Å²) in [6.45, 7) is 1.75. The van der Waals surface area contributed by atoms with Gasteiger partial charge in [0.25, 0.3) is 5.95 Å². The topological polar surface area (TPSA) is 35.5 Å². The Morgan fingerprint density at radius 1 is 1.23 bits per heavy atom. The normalized spacial score (nSPS) is 17.6. The summed E-state index contributed by atoms with van der Waals surface area (Å²) in [5.41, 5.74) is 0.466. The maximum Gasteiger partial charge on any atom is 0.349 e. The Morgan fingerprint density at radius 3 is 2.77 bits per heavy atom. The van der Waals surface area contributed by atoms with E-state index in [1.165, 1.54) is 0 Å². The molecule has 0 saturated carbocycles. The second-order valence-corrected chi connectivity index (χ2v) is 2.60. The highest BCUT2D eigenvalue weighted by molar-refractivity contribution is 5.94. The van der Waals surface area contributed by atoms with Gasteiger partial charge < -0.3 is 9.47 Å². The van der Waals surface area contributed by atoms with Crippen LogP contribution in [0, 0.1) is 0 Å². The van der Waals surface area contributed by atoms with E-state index in [9.17, 15) is 4.79 Å². The fourth-order valence-corrected chi connectivity index (χ4v) is 1.12. The molecule has 3 heteroatoms. The molecule has 0 aromatic heterocycles. The molecule has 1 aliphatic heterocycles. The molecule has 0 fully saturated rings. The van der Waals surface area contributed by atoms with Gasteiger partial charge in [0.1, 0.15) is 11.3 Å². The summed E-state index contributed by atoms with van der Waals surface area (Å²) in [5.74, 6) is 0.422. The zero-order valence-electron chi connectivity index (χ0n) is 7.11. The first-order valence-electron chi connectivity index (χ1n) is 3.96. The summed E-state index contributed by atoms with van der Waals surface area (Å²) >= 11 is 0. The maximum absolute atomic E-state index is 11.3. The van der Waals surface area contributed by atoms with Gasteiger partial charge >= 0.3 is 5.97 Å². The van der Waals surface area contributed by atoms with Crippen LogP contribution in [0.15, 0.2) is 36.3 Å². The Labute approximate surface area is 75.6 Å². The third-order valence-electron chi connectivity index (χ3n) is 1.75. The van der Waals surface area contributed by atoms with Crippen LogP contribution >= 0.6 is 0 Å². The van der Waals surface area contributed by atoms with Crippen molar-refractivity contribution in [2.24, 2.45) is 0 Å². The Bertz CT molecular complexity index is 380. The molecule has 1 aromatic carbocycles. The lowest BCUT2D eigenvalue weighted by Gasteiger charge is -2.17. The predicted molar refractivity (Wildman–Crippen MR) is 46.2 cm³/mol. The van der Waals surface area contributed by atoms with Crippen LogP contribution in [0.3, 0.4) is 0 Å². The number of fused-ring (bicyclic) bond motifs is 1. The van der Waals surface area contributed by atoms with Crippen LogP contribution in [0.1, 0.15) is 17.3 Å². The lowest BCUT2D eigenvalue weighted by atomic mass is 10.2. The van der Waals surface area contributed by atoms with E-state index in [2.05, 4.69) is 0 Å². The van der Waals surface area contributed by atoms with Crippen molar-refractivity contribution in [1.29, 1.82) is 0 Å². The number of carbonyl (C=O) groups excluding carboxylic acids is 1. The minimum atomic E-state index is -0.366. The molecule has 66 valence electrons. The second-order valence-electron chi connectivity index (χ2n) is 2.60. The van der Waals surface area contributed by atoms with E-state index in [0.717, 1.165) is 0 Å². The molecule has 0 saturated heterocycles. The molecular formula is C10H8O3. The van der Waals surface area contributed by atoms with Crippen molar-refractivity contribution in [1.82, 2.24) is 0 Å². The van der Waals surface area contributed by atoms with Gasteiger partial charge in [-0.2, -0.15) is 0 Å². The smallest absolute Gasteiger partial charge is 0.349 e. The van der Waals surface area contributed by atoms with Gasteiger partial charge in [-0.25, -0.2) is 4.79 Å². The summed E-state index contributed by atoms with van der Waals surface area (Å²) in [6.07, 6.45) is 1.60. The molecule has 0 spiro atoms. The largest absolute Gasteiger partial charge is 0.425 e. The maximum atomic E-state index is 11.3. The molecule has 0 radical (unpaired) electrons. The zero-order chi connectivity index (χ0) is 9.26. The van der Waals surface area contributed by atoms with Gasteiger partial charge in [-0.05, 0) is 25.1 Å². The summed E-state index contributed by atoms with van der Waals surface area (Å²) in [5, 5.41) is 0. The third kappa shape index (κ3) is 1.28. The van der Waals surface area contributed by atoms with Gasteiger partial charge in [-0.15, -0.1) is 0 Å². The number of hydrogen-bond acceptors (Lipinski definition) is 3. The molecule has 0 bridgehead atoms. The third-order valence-corrected chi connectivity index (χ3v) is 1.75. The van der Waals surface area contributed by atoms with Crippen molar-refractivity contribution in [2.45, 2.75) is 6.92 Å². The van der Waals surface area contributed by atoms with Crippen LogP contribution < -0.4 is 4.74 Å². The molecule has 0 N–H and O–H groups in total. The van der Waals surface area contributed by atoms with Crippen LogP contribution in [0.25, 0.3) is 0 Å². The van der Waals surface area contributed by atoms with Crippen LogP contribution in [0.2, 0.25) is 0 Å². The van der Waals surface area contributed by atoms with Gasteiger partial charge in [0.2, 0.25) is 0 Å². The van der Waals surface area contributed by atoms with E-state index in [1.807, 2.05) is 6.07 Å². The van der Waals surface area contributed by atoms with E-state index in [4.69, 9.17) is 9.47 Å². The molecule has 0 unspecified atom stereocenters. The summed E-state index contributed by atoms with van der Waals surface area (Å²) in [6, 6.07) is 6.98. The fourth-order valence-electron chi connectivity index (χ4n) is 1.12. The molecule has 0 aliphatic carbocycles. The van der Waals surface area contributed by atoms with Crippen molar-refractivity contribution in [2.75, 3.05) is 0 Å². The van der Waals surface area contributed by atoms with Gasteiger partial charge in [0, 0.05) is 0 Å². The number of ether oxygens (including phenoxy) is 2. The van der Waals surface area contributed by atoms with Gasteiger partial charge in [0.15, 0.2) is 0 Å². The van der Waals surface area contributed by atoms with Crippen LogP contribution in [0.4, 0.5) is 0 Å². The molecule has 1 heterocycles. The van der Waals surface area contributed by atoms with E-state index in [0.29, 0.717) is 11.3 Å². The number of cyclic esters (lactones) is 1. The van der Waals surface area contributed by atoms with Gasteiger partial charge in [0.05, 0.1) is 0 Å². The minimum Gasteiger partial charge on any atom is -0.425 e. The number of benzene rings is 1. The summed E-state index contributed by atoms with van der Waals surface area (Å²) in [7, 11) is 0. The highest BCUT2D eigenvalue weighted by Crippen LogP contribution is 2.26. The lowest BCUT2D eigenvalue weighted by Crippen LogP contribution is -2.16. The Hall–Kier alpha value is -1.77. The predicted octanol–water partition coefficient (Wildman–Crippen LogP) is 2.10. The number of allylic oxidation sites excluding steroid dienone is 1. The van der Waals surface area contributed by atoms with Crippen molar-refractivity contribution in [3.05, 3.63) is 41.9 Å². The molecule has 1 aliphatic rings. The quantitative estimate of drug-likeness (QED) is 0.568. The Morgan fingerprint density at radius 2 is 2.00 bits per heavy atom. The van der Waals surface area contributed by atoms with E-state index in [-0.39, 0.29) is 11.9 Å². The first kappa shape index (κ1) is 7.86. The summed E-state index contributed by atoms with van der Waals surface area (Å²) in [4.78, 5) is 11.3. The highest BCUT2D eigenvalue weighted by atomic mass is 16.7. The van der Waals surface area contributed by atoms with Gasteiger partial charge in [-0.3, -0.25) is 0 Å². The minimum absolute atomic E-state index is 0.240. The van der Waals surface area contributed by atoms with Crippen LogP contribution in [0.5, 0.6) is 5.75 Å². The SMILES string of the molecule is C/C=C1/OC(=O)c2ccccc2O1. The first-order chi connectivity index (χ1) is 6.31.